The highest BCUT2D eigenvalue weighted by atomic mass is 16.5. The molecule has 3 N–H and O–H groups in total. The Morgan fingerprint density at radius 1 is 1.07 bits per heavy atom. The van der Waals surface area contributed by atoms with Crippen molar-refractivity contribution in [3.63, 3.8) is 0 Å². The van der Waals surface area contributed by atoms with Crippen LogP contribution in [0.3, 0.4) is 0 Å². The van der Waals surface area contributed by atoms with E-state index in [0.29, 0.717) is 17.9 Å². The van der Waals surface area contributed by atoms with Crippen molar-refractivity contribution >= 4 is 5.82 Å². The second-order valence-corrected chi connectivity index (χ2v) is 5.97. The first kappa shape index (κ1) is 17.8. The lowest BCUT2D eigenvalue weighted by Crippen LogP contribution is -2.16. The molecule has 0 bridgehead atoms. The molecule has 0 spiro atoms. The van der Waals surface area contributed by atoms with Crippen LogP contribution in [0.25, 0.3) is 11.1 Å². The van der Waals surface area contributed by atoms with E-state index in [4.69, 9.17) is 10.5 Å². The van der Waals surface area contributed by atoms with E-state index in [1.165, 1.54) is 0 Å². The lowest BCUT2D eigenvalue weighted by Gasteiger charge is -2.13. The predicted octanol–water partition coefficient (Wildman–Crippen LogP) is 3.25. The number of nitrogens with zero attached hydrogens (tertiary/aromatic N) is 2. The highest BCUT2D eigenvalue weighted by Gasteiger charge is 2.19. The molecule has 6 nitrogen and oxygen atoms in total. The number of rotatable bonds is 4. The number of anilines is 1. The molecule has 1 heterocycles. The van der Waals surface area contributed by atoms with Gasteiger partial charge in [0.1, 0.15) is 41.4 Å². The van der Waals surface area contributed by atoms with Crippen molar-refractivity contribution < 1.29 is 4.74 Å². The standard InChI is InChI=1S/C21H16N4O2/c1-13-7-8-15(9-18(13)27-12-14-5-3-2-4-6-14)19-16(10-22)20(24)25-21(26)17(19)11-23/h2-9H,12H2,1H3,(H3,24,25,26). The minimum Gasteiger partial charge on any atom is -0.489 e. The molecule has 0 amide bonds. The number of aryl methyl sites for hydroxylation is 1. The van der Waals surface area contributed by atoms with Crippen LogP contribution >= 0.6 is 0 Å². The smallest absolute Gasteiger partial charge is 0.268 e. The number of nitrogen functional groups attached to an aromatic ring is 1. The topological polar surface area (TPSA) is 116 Å². The Morgan fingerprint density at radius 3 is 2.44 bits per heavy atom. The molecule has 132 valence electrons. The van der Waals surface area contributed by atoms with Crippen molar-refractivity contribution in [2.24, 2.45) is 0 Å². The number of nitrogens with two attached hydrogens (primary N) is 1. The van der Waals surface area contributed by atoms with Gasteiger partial charge in [0.05, 0.1) is 0 Å². The Bertz CT molecular complexity index is 1140. The molecule has 2 aromatic carbocycles. The lowest BCUT2D eigenvalue weighted by atomic mass is 9.95. The Morgan fingerprint density at radius 2 is 1.78 bits per heavy atom. The highest BCUT2D eigenvalue weighted by molar-refractivity contribution is 5.81. The van der Waals surface area contributed by atoms with Crippen LogP contribution in [0.2, 0.25) is 0 Å². The molecular formula is C21H16N4O2. The summed E-state index contributed by atoms with van der Waals surface area (Å²) in [5.41, 5.74) is 7.70. The molecule has 0 unspecified atom stereocenters. The number of aromatic amines is 1. The zero-order valence-electron chi connectivity index (χ0n) is 14.6. The average molecular weight is 356 g/mol. The molecule has 0 aliphatic carbocycles. The molecule has 0 atom stereocenters. The van der Waals surface area contributed by atoms with Gasteiger partial charge < -0.3 is 15.5 Å². The number of benzene rings is 2. The van der Waals surface area contributed by atoms with Gasteiger partial charge in [-0.1, -0.05) is 42.5 Å². The van der Waals surface area contributed by atoms with Crippen molar-refractivity contribution in [3.05, 3.63) is 81.1 Å². The average Bonchev–Trinajstić information content (AvgIpc) is 2.68. The number of ether oxygens (including phenoxy) is 1. The lowest BCUT2D eigenvalue weighted by molar-refractivity contribution is 0.304. The van der Waals surface area contributed by atoms with Crippen LogP contribution in [-0.4, -0.2) is 4.98 Å². The van der Waals surface area contributed by atoms with Gasteiger partial charge in [0.2, 0.25) is 0 Å². The summed E-state index contributed by atoms with van der Waals surface area (Å²) in [5, 5.41) is 18.9. The van der Waals surface area contributed by atoms with Crippen molar-refractivity contribution in [2.75, 3.05) is 5.73 Å². The first-order valence-corrected chi connectivity index (χ1v) is 8.19. The monoisotopic (exact) mass is 356 g/mol. The fourth-order valence-electron chi connectivity index (χ4n) is 2.78. The summed E-state index contributed by atoms with van der Waals surface area (Å²) in [7, 11) is 0. The number of H-pyrrole nitrogens is 1. The maximum Gasteiger partial charge on any atom is 0.268 e. The first-order chi connectivity index (χ1) is 13.0. The molecule has 3 rings (SSSR count). The second kappa shape index (κ2) is 7.47. The van der Waals surface area contributed by atoms with Crippen LogP contribution in [0.1, 0.15) is 22.3 Å². The SMILES string of the molecule is Cc1ccc(-c2c(C#N)c(N)[nH]c(=O)c2C#N)cc1OCc1ccccc1. The molecule has 0 fully saturated rings. The van der Waals surface area contributed by atoms with Crippen LogP contribution in [0.5, 0.6) is 5.75 Å². The van der Waals surface area contributed by atoms with Crippen LogP contribution in [-0.2, 0) is 6.61 Å². The van der Waals surface area contributed by atoms with Gasteiger partial charge in [0.25, 0.3) is 5.56 Å². The van der Waals surface area contributed by atoms with E-state index in [9.17, 15) is 15.3 Å². The normalized spacial score (nSPS) is 10.0. The molecule has 6 heteroatoms. The quantitative estimate of drug-likeness (QED) is 0.744. The van der Waals surface area contributed by atoms with E-state index < -0.39 is 5.56 Å². The second-order valence-electron chi connectivity index (χ2n) is 5.97. The molecule has 27 heavy (non-hydrogen) atoms. The van der Waals surface area contributed by atoms with Gasteiger partial charge in [-0.05, 0) is 29.7 Å². The zero-order valence-corrected chi connectivity index (χ0v) is 14.6. The van der Waals surface area contributed by atoms with Crippen molar-refractivity contribution in [2.45, 2.75) is 13.5 Å². The van der Waals surface area contributed by atoms with E-state index >= 15 is 0 Å². The number of pyridine rings is 1. The summed E-state index contributed by atoms with van der Waals surface area (Å²) >= 11 is 0. The van der Waals surface area contributed by atoms with Gasteiger partial charge in [-0.2, -0.15) is 10.5 Å². The third-order valence-corrected chi connectivity index (χ3v) is 4.18. The third kappa shape index (κ3) is 3.51. The molecule has 0 aliphatic rings. The summed E-state index contributed by atoms with van der Waals surface area (Å²) in [5.74, 6) is 0.534. The molecule has 0 radical (unpaired) electrons. The zero-order chi connectivity index (χ0) is 19.4. The summed E-state index contributed by atoms with van der Waals surface area (Å²) in [6, 6.07) is 18.8. The van der Waals surface area contributed by atoms with Gasteiger partial charge in [-0.15, -0.1) is 0 Å². The van der Waals surface area contributed by atoms with Crippen molar-refractivity contribution in [1.29, 1.82) is 10.5 Å². The number of hydrogen-bond donors (Lipinski definition) is 2. The Balaban J connectivity index is 2.08. The van der Waals surface area contributed by atoms with Gasteiger partial charge >= 0.3 is 0 Å². The highest BCUT2D eigenvalue weighted by Crippen LogP contribution is 2.32. The van der Waals surface area contributed by atoms with Gasteiger partial charge in [0.15, 0.2) is 0 Å². The largest absolute Gasteiger partial charge is 0.489 e. The fraction of sp³-hybridized carbons (Fsp3) is 0.0952. The summed E-state index contributed by atoms with van der Waals surface area (Å²) in [6.45, 7) is 2.27. The molecule has 3 aromatic rings. The number of aromatic nitrogens is 1. The molecule has 0 saturated heterocycles. The fourth-order valence-corrected chi connectivity index (χ4v) is 2.78. The Labute approximate surface area is 156 Å². The maximum atomic E-state index is 12.1. The summed E-state index contributed by atoms with van der Waals surface area (Å²) in [4.78, 5) is 14.4. The number of nitrogens with one attached hydrogen (secondary N) is 1. The number of nitriles is 2. The van der Waals surface area contributed by atoms with E-state index in [1.54, 1.807) is 12.1 Å². The van der Waals surface area contributed by atoms with E-state index in [1.807, 2.05) is 55.5 Å². The Kier molecular flexibility index (Phi) is 4.92. The third-order valence-electron chi connectivity index (χ3n) is 4.18. The molecular weight excluding hydrogens is 340 g/mol. The van der Waals surface area contributed by atoms with Crippen molar-refractivity contribution in [1.82, 2.24) is 4.98 Å². The van der Waals surface area contributed by atoms with Crippen LogP contribution < -0.4 is 16.0 Å². The van der Waals surface area contributed by atoms with E-state index in [-0.39, 0.29) is 22.5 Å². The summed E-state index contributed by atoms with van der Waals surface area (Å²) < 4.78 is 5.91. The molecule has 0 aliphatic heterocycles. The van der Waals surface area contributed by atoms with Crippen molar-refractivity contribution in [3.8, 4) is 29.0 Å². The first-order valence-electron chi connectivity index (χ1n) is 8.19. The van der Waals surface area contributed by atoms with Gasteiger partial charge in [-0.3, -0.25) is 4.79 Å². The van der Waals surface area contributed by atoms with Crippen LogP contribution in [0.4, 0.5) is 5.82 Å². The molecule has 1 aromatic heterocycles. The van der Waals surface area contributed by atoms with Crippen LogP contribution in [0, 0.1) is 29.6 Å². The van der Waals surface area contributed by atoms with Gasteiger partial charge in [0, 0.05) is 5.56 Å². The minimum absolute atomic E-state index is 0.0593. The number of hydrogen-bond acceptors (Lipinski definition) is 5. The van der Waals surface area contributed by atoms with E-state index in [0.717, 1.165) is 11.1 Å². The Hall–Kier alpha value is -4.03. The van der Waals surface area contributed by atoms with E-state index in [2.05, 4.69) is 4.98 Å². The molecule has 0 saturated carbocycles. The van der Waals surface area contributed by atoms with Gasteiger partial charge in [-0.25, -0.2) is 0 Å². The summed E-state index contributed by atoms with van der Waals surface area (Å²) in [6.07, 6.45) is 0. The minimum atomic E-state index is -0.628. The maximum absolute atomic E-state index is 12.1. The predicted molar refractivity (Wildman–Crippen MR) is 102 cm³/mol. The van der Waals surface area contributed by atoms with Crippen LogP contribution in [0.15, 0.2) is 53.3 Å².